The van der Waals surface area contributed by atoms with E-state index in [1.165, 1.54) is 0 Å². The Labute approximate surface area is 196 Å². The highest BCUT2D eigenvalue weighted by Crippen LogP contribution is 2.39. The zero-order valence-corrected chi connectivity index (χ0v) is 19.1. The quantitative estimate of drug-likeness (QED) is 0.373. The molecule has 1 aliphatic heterocycles. The highest BCUT2D eigenvalue weighted by molar-refractivity contribution is 6.31. The second kappa shape index (κ2) is 8.41. The Morgan fingerprint density at radius 1 is 1.00 bits per heavy atom. The minimum absolute atomic E-state index is 0.0841. The van der Waals surface area contributed by atoms with Gasteiger partial charge in [-0.25, -0.2) is 0 Å². The van der Waals surface area contributed by atoms with Gasteiger partial charge in [0.15, 0.2) is 5.43 Å². The molecule has 2 heterocycles. The molecule has 1 amide bonds. The van der Waals surface area contributed by atoms with Crippen molar-refractivity contribution < 1.29 is 13.9 Å². The zero-order valence-electron chi connectivity index (χ0n) is 18.3. The van der Waals surface area contributed by atoms with Crippen LogP contribution >= 0.6 is 11.6 Å². The lowest BCUT2D eigenvalue weighted by molar-refractivity contribution is 0.0714. The number of hydrogen-bond acceptors (Lipinski definition) is 4. The van der Waals surface area contributed by atoms with E-state index in [4.69, 9.17) is 20.8 Å². The lowest BCUT2D eigenvalue weighted by atomic mass is 9.98. The van der Waals surface area contributed by atoms with Crippen LogP contribution in [0.25, 0.3) is 11.0 Å². The van der Waals surface area contributed by atoms with E-state index in [2.05, 4.69) is 0 Å². The molecule has 1 aromatic heterocycles. The molecule has 33 heavy (non-hydrogen) atoms. The summed E-state index contributed by atoms with van der Waals surface area (Å²) in [5.74, 6) is 0.507. The Hall–Kier alpha value is -3.57. The number of rotatable bonds is 5. The molecule has 0 fully saturated rings. The van der Waals surface area contributed by atoms with Crippen LogP contribution in [-0.4, -0.2) is 17.4 Å². The van der Waals surface area contributed by atoms with Crippen LogP contribution in [0.1, 0.15) is 45.8 Å². The Bertz CT molecular complexity index is 1410. The van der Waals surface area contributed by atoms with Crippen molar-refractivity contribution in [3.05, 3.63) is 110 Å². The minimum atomic E-state index is -0.580. The van der Waals surface area contributed by atoms with Crippen molar-refractivity contribution in [2.45, 2.75) is 26.4 Å². The molecule has 1 atom stereocenters. The van der Waals surface area contributed by atoms with E-state index in [0.29, 0.717) is 34.7 Å². The molecule has 0 saturated carbocycles. The van der Waals surface area contributed by atoms with E-state index >= 15 is 0 Å². The van der Waals surface area contributed by atoms with Crippen LogP contribution < -0.4 is 10.2 Å². The fourth-order valence-corrected chi connectivity index (χ4v) is 4.48. The van der Waals surface area contributed by atoms with Crippen molar-refractivity contribution in [2.75, 3.05) is 6.61 Å². The lowest BCUT2D eigenvalue weighted by Crippen LogP contribution is -2.29. The number of halogens is 1. The maximum absolute atomic E-state index is 13.6. The SMILES string of the molecule is CCOc1ccc(C2c3c(oc4ccc(Cl)cc4c3=O)C(=O)N2Cc2ccc(C)cc2)cc1. The molecule has 4 aromatic rings. The van der Waals surface area contributed by atoms with Gasteiger partial charge in [-0.2, -0.15) is 0 Å². The Morgan fingerprint density at radius 3 is 2.42 bits per heavy atom. The molecule has 5 rings (SSSR count). The van der Waals surface area contributed by atoms with Crippen molar-refractivity contribution >= 4 is 28.5 Å². The Balaban J connectivity index is 1.68. The van der Waals surface area contributed by atoms with Crippen LogP contribution in [0.15, 0.2) is 75.9 Å². The smallest absolute Gasteiger partial charge is 0.291 e. The number of fused-ring (bicyclic) bond motifs is 2. The number of aryl methyl sites for hydroxylation is 1. The van der Waals surface area contributed by atoms with Gasteiger partial charge in [0.25, 0.3) is 5.91 Å². The van der Waals surface area contributed by atoms with Crippen molar-refractivity contribution in [1.29, 1.82) is 0 Å². The number of amides is 1. The third kappa shape index (κ3) is 3.79. The molecule has 3 aromatic carbocycles. The topological polar surface area (TPSA) is 59.8 Å². The Kier molecular flexibility index (Phi) is 5.43. The first-order chi connectivity index (χ1) is 16.0. The second-order valence-electron chi connectivity index (χ2n) is 8.14. The molecule has 0 N–H and O–H groups in total. The molecule has 166 valence electrons. The van der Waals surface area contributed by atoms with E-state index < -0.39 is 6.04 Å². The summed E-state index contributed by atoms with van der Waals surface area (Å²) in [5.41, 5.74) is 3.36. The summed E-state index contributed by atoms with van der Waals surface area (Å²) >= 11 is 6.15. The number of benzene rings is 3. The third-order valence-electron chi connectivity index (χ3n) is 5.91. The Morgan fingerprint density at radius 2 is 1.73 bits per heavy atom. The average molecular weight is 460 g/mol. The summed E-state index contributed by atoms with van der Waals surface area (Å²) in [5, 5.41) is 0.801. The van der Waals surface area contributed by atoms with Gasteiger partial charge in [0, 0.05) is 11.6 Å². The van der Waals surface area contributed by atoms with Crippen LogP contribution in [0, 0.1) is 6.92 Å². The van der Waals surface area contributed by atoms with E-state index in [9.17, 15) is 9.59 Å². The van der Waals surface area contributed by atoms with E-state index in [1.54, 1.807) is 23.1 Å². The zero-order chi connectivity index (χ0) is 23.1. The summed E-state index contributed by atoms with van der Waals surface area (Å²) < 4.78 is 11.5. The van der Waals surface area contributed by atoms with Crippen molar-refractivity contribution in [1.82, 2.24) is 4.90 Å². The van der Waals surface area contributed by atoms with Gasteiger partial charge in [-0.15, -0.1) is 0 Å². The maximum Gasteiger partial charge on any atom is 0.291 e. The predicted molar refractivity (Wildman–Crippen MR) is 128 cm³/mol. The number of nitrogens with zero attached hydrogens (tertiary/aromatic N) is 1. The van der Waals surface area contributed by atoms with Crippen molar-refractivity contribution in [3.8, 4) is 5.75 Å². The third-order valence-corrected chi connectivity index (χ3v) is 6.14. The largest absolute Gasteiger partial charge is 0.494 e. The van der Waals surface area contributed by atoms with Crippen molar-refractivity contribution in [3.63, 3.8) is 0 Å². The normalized spacial score (nSPS) is 15.2. The van der Waals surface area contributed by atoms with Crippen LogP contribution in [0.2, 0.25) is 5.02 Å². The second-order valence-corrected chi connectivity index (χ2v) is 8.57. The number of ether oxygens (including phenoxy) is 1. The lowest BCUT2D eigenvalue weighted by Gasteiger charge is -2.25. The molecule has 0 spiro atoms. The van der Waals surface area contributed by atoms with E-state index in [-0.39, 0.29) is 17.1 Å². The molecule has 1 unspecified atom stereocenters. The maximum atomic E-state index is 13.6. The van der Waals surface area contributed by atoms with Gasteiger partial charge < -0.3 is 14.1 Å². The number of carbonyl (C=O) groups excluding carboxylic acids is 1. The fourth-order valence-electron chi connectivity index (χ4n) is 4.31. The standard InChI is InChI=1S/C27H22ClNO4/c1-3-32-20-11-8-18(9-12-20)24-23-25(30)21-14-19(28)10-13-22(21)33-26(23)27(31)29(24)15-17-6-4-16(2)5-7-17/h4-14,24H,3,15H2,1-2H3. The monoisotopic (exact) mass is 459 g/mol. The molecule has 5 nitrogen and oxygen atoms in total. The summed E-state index contributed by atoms with van der Waals surface area (Å²) in [7, 11) is 0. The average Bonchev–Trinajstić information content (AvgIpc) is 3.08. The first-order valence-corrected chi connectivity index (χ1v) is 11.2. The molecule has 1 aliphatic rings. The van der Waals surface area contributed by atoms with Gasteiger partial charge in [-0.1, -0.05) is 53.6 Å². The molecule has 0 bridgehead atoms. The molecular formula is C27H22ClNO4. The number of hydrogen-bond donors (Lipinski definition) is 0. The van der Waals surface area contributed by atoms with E-state index in [0.717, 1.165) is 22.4 Å². The van der Waals surface area contributed by atoms with Crippen LogP contribution in [0.3, 0.4) is 0 Å². The summed E-state index contributed by atoms with van der Waals surface area (Å²) in [6.45, 7) is 4.84. The van der Waals surface area contributed by atoms with Crippen LogP contribution in [0.5, 0.6) is 5.75 Å². The van der Waals surface area contributed by atoms with Gasteiger partial charge in [0.2, 0.25) is 5.76 Å². The predicted octanol–water partition coefficient (Wildman–Crippen LogP) is 5.90. The van der Waals surface area contributed by atoms with Gasteiger partial charge in [-0.3, -0.25) is 9.59 Å². The fraction of sp³-hybridized carbons (Fsp3) is 0.185. The molecule has 0 saturated heterocycles. The highest BCUT2D eigenvalue weighted by Gasteiger charge is 2.42. The van der Waals surface area contributed by atoms with E-state index in [1.807, 2.05) is 62.4 Å². The van der Waals surface area contributed by atoms with Crippen LogP contribution in [-0.2, 0) is 6.54 Å². The summed E-state index contributed by atoms with van der Waals surface area (Å²) in [4.78, 5) is 28.8. The molecule has 6 heteroatoms. The summed E-state index contributed by atoms with van der Waals surface area (Å²) in [6.07, 6.45) is 0. The molecular weight excluding hydrogens is 438 g/mol. The first-order valence-electron chi connectivity index (χ1n) is 10.8. The highest BCUT2D eigenvalue weighted by atomic mass is 35.5. The molecule has 0 aliphatic carbocycles. The summed E-state index contributed by atoms with van der Waals surface area (Å²) in [6, 6.07) is 19.8. The van der Waals surface area contributed by atoms with Gasteiger partial charge in [0.1, 0.15) is 11.3 Å². The van der Waals surface area contributed by atoms with Gasteiger partial charge in [-0.05, 0) is 55.3 Å². The van der Waals surface area contributed by atoms with Gasteiger partial charge >= 0.3 is 0 Å². The minimum Gasteiger partial charge on any atom is -0.494 e. The first kappa shape index (κ1) is 21.3. The van der Waals surface area contributed by atoms with Crippen LogP contribution in [0.4, 0.5) is 0 Å². The molecule has 0 radical (unpaired) electrons. The van der Waals surface area contributed by atoms with Crippen molar-refractivity contribution in [2.24, 2.45) is 0 Å². The van der Waals surface area contributed by atoms with Gasteiger partial charge in [0.05, 0.1) is 23.6 Å². The number of carbonyl (C=O) groups is 1.